The van der Waals surface area contributed by atoms with E-state index >= 15 is 0 Å². The van der Waals surface area contributed by atoms with Crippen molar-refractivity contribution in [3.63, 3.8) is 0 Å². The van der Waals surface area contributed by atoms with E-state index < -0.39 is 33.8 Å². The fourth-order valence-corrected chi connectivity index (χ4v) is 21.3. The third-order valence-corrected chi connectivity index (χ3v) is 17.1. The van der Waals surface area contributed by atoms with E-state index in [1.54, 1.807) is 0 Å². The first-order valence-corrected chi connectivity index (χ1v) is 21.9. The summed E-state index contributed by atoms with van der Waals surface area (Å²) in [5.74, 6) is 0. The fourth-order valence-electron chi connectivity index (χ4n) is 3.28. The van der Waals surface area contributed by atoms with Crippen molar-refractivity contribution in [2.75, 3.05) is 0 Å². The minimum Gasteiger partial charge on any atom is -0.437 e. The molecule has 0 bridgehead atoms. The number of rotatable bonds is 13. The second kappa shape index (κ2) is 10.2. The Morgan fingerprint density at radius 2 is 1.00 bits per heavy atom. The molecule has 146 valence electrons. The smallest absolute Gasteiger partial charge is 0.315 e. The molecule has 24 heavy (non-hydrogen) atoms. The first-order chi connectivity index (χ1) is 10.7. The van der Waals surface area contributed by atoms with Gasteiger partial charge in [0.1, 0.15) is 0 Å². The molecule has 0 fully saturated rings. The summed E-state index contributed by atoms with van der Waals surface area (Å²) in [5, 5.41) is 0. The van der Waals surface area contributed by atoms with Crippen LogP contribution in [0.3, 0.4) is 0 Å². The van der Waals surface area contributed by atoms with Gasteiger partial charge in [-0.3, -0.25) is 0 Å². The predicted molar refractivity (Wildman–Crippen MR) is 117 cm³/mol. The lowest BCUT2D eigenvalue weighted by Crippen LogP contribution is -2.56. The van der Waals surface area contributed by atoms with Gasteiger partial charge in [0.05, 0.1) is 0 Å². The van der Waals surface area contributed by atoms with Crippen LogP contribution in [-0.2, 0) is 12.3 Å². The van der Waals surface area contributed by atoms with E-state index in [2.05, 4.69) is 65.8 Å². The van der Waals surface area contributed by atoms with Crippen LogP contribution in [0.5, 0.6) is 0 Å². The van der Waals surface area contributed by atoms with Gasteiger partial charge in [0, 0.05) is 0 Å². The van der Waals surface area contributed by atoms with Crippen LogP contribution in [0.25, 0.3) is 0 Å². The van der Waals surface area contributed by atoms with Crippen molar-refractivity contribution in [1.82, 2.24) is 0 Å². The molecule has 1 atom stereocenters. The van der Waals surface area contributed by atoms with Gasteiger partial charge in [0.15, 0.2) is 16.6 Å². The zero-order valence-corrected chi connectivity index (χ0v) is 22.2. The third-order valence-electron chi connectivity index (χ3n) is 3.52. The molecule has 7 heteroatoms. The van der Waals surface area contributed by atoms with Gasteiger partial charge in [-0.25, -0.2) is 0 Å². The van der Waals surface area contributed by atoms with E-state index in [0.717, 1.165) is 6.04 Å². The van der Waals surface area contributed by atoms with Crippen molar-refractivity contribution in [2.45, 2.75) is 110 Å². The highest BCUT2D eigenvalue weighted by Gasteiger charge is 2.43. The van der Waals surface area contributed by atoms with E-state index in [1.165, 1.54) is 38.5 Å². The van der Waals surface area contributed by atoms with Crippen LogP contribution in [0, 0.1) is 0 Å². The van der Waals surface area contributed by atoms with Crippen molar-refractivity contribution >= 4 is 33.8 Å². The lowest BCUT2D eigenvalue weighted by Gasteiger charge is -2.41. The molecule has 0 aromatic carbocycles. The van der Waals surface area contributed by atoms with Gasteiger partial charge in [-0.2, -0.15) is 0 Å². The molecule has 0 radical (unpaired) electrons. The zero-order valence-electron chi connectivity index (χ0n) is 18.2. The topological polar surface area (TPSA) is 27.7 Å². The molecule has 1 unspecified atom stereocenters. The molecule has 0 aliphatic heterocycles. The number of unbranched alkanes of at least 4 members (excludes halogenated alkanes) is 5. The normalized spacial score (nSPS) is 16.2. The maximum atomic E-state index is 6.71. The second-order valence-electron chi connectivity index (χ2n) is 9.58. The monoisotopic (exact) mass is 408 g/mol. The molecule has 0 aromatic heterocycles. The van der Waals surface area contributed by atoms with Gasteiger partial charge in [-0.1, -0.05) is 45.4 Å². The molecular weight excluding hydrogens is 365 g/mol. The van der Waals surface area contributed by atoms with Crippen molar-refractivity contribution in [3.05, 3.63) is 0 Å². The minimum absolute atomic E-state index is 1.11. The number of hydrogen-bond donors (Lipinski definition) is 0. The highest BCUT2D eigenvalue weighted by molar-refractivity contribution is 6.89. The van der Waals surface area contributed by atoms with E-state index in [-0.39, 0.29) is 0 Å². The number of hydrogen-bond acceptors (Lipinski definition) is 3. The Balaban J connectivity index is 4.76. The van der Waals surface area contributed by atoms with Crippen molar-refractivity contribution in [1.29, 1.82) is 0 Å². The van der Waals surface area contributed by atoms with Crippen LogP contribution < -0.4 is 0 Å². The van der Waals surface area contributed by atoms with Gasteiger partial charge >= 0.3 is 17.1 Å². The summed E-state index contributed by atoms with van der Waals surface area (Å²) >= 11 is 0. The van der Waals surface area contributed by atoms with Crippen molar-refractivity contribution < 1.29 is 12.3 Å². The highest BCUT2D eigenvalue weighted by Crippen LogP contribution is 2.28. The summed E-state index contributed by atoms with van der Waals surface area (Å²) in [6.45, 7) is 22.5. The van der Waals surface area contributed by atoms with Crippen LogP contribution in [0.15, 0.2) is 0 Å². The Morgan fingerprint density at radius 1 is 0.542 bits per heavy atom. The Kier molecular flexibility index (Phi) is 10.5. The SMILES string of the molecule is CCCCCCCC[Si](C)(O[Si](C)(C)C)O[Si](C)(C)O[Si](C)(C)C. The van der Waals surface area contributed by atoms with E-state index in [0.29, 0.717) is 0 Å². The first-order valence-electron chi connectivity index (χ1n) is 9.79. The average molecular weight is 409 g/mol. The Hall–Kier alpha value is 0.748. The van der Waals surface area contributed by atoms with Crippen LogP contribution in [0.2, 0.25) is 65.0 Å². The maximum absolute atomic E-state index is 6.71. The summed E-state index contributed by atoms with van der Waals surface area (Å²) in [5.41, 5.74) is 0. The van der Waals surface area contributed by atoms with E-state index in [4.69, 9.17) is 12.3 Å². The molecular formula is C17H44O3Si4. The van der Waals surface area contributed by atoms with Crippen LogP contribution in [0.4, 0.5) is 0 Å². The summed E-state index contributed by atoms with van der Waals surface area (Å²) in [4.78, 5) is 0. The Morgan fingerprint density at radius 3 is 1.46 bits per heavy atom. The molecule has 0 spiro atoms. The molecule has 0 rings (SSSR count). The second-order valence-corrected chi connectivity index (χ2v) is 26.0. The molecule has 3 nitrogen and oxygen atoms in total. The largest absolute Gasteiger partial charge is 0.437 e. The Labute approximate surface area is 156 Å². The van der Waals surface area contributed by atoms with Gasteiger partial charge in [0.2, 0.25) is 0 Å². The van der Waals surface area contributed by atoms with E-state index in [9.17, 15) is 0 Å². The Bertz CT molecular complexity index is 351. The average Bonchev–Trinajstić information content (AvgIpc) is 2.26. The van der Waals surface area contributed by atoms with Gasteiger partial charge in [0.25, 0.3) is 0 Å². The summed E-state index contributed by atoms with van der Waals surface area (Å²) < 4.78 is 19.8. The molecule has 0 amide bonds. The summed E-state index contributed by atoms with van der Waals surface area (Å²) in [7, 11) is -7.51. The fraction of sp³-hybridized carbons (Fsp3) is 1.00. The lowest BCUT2D eigenvalue weighted by atomic mass is 10.1. The van der Waals surface area contributed by atoms with Crippen LogP contribution >= 0.6 is 0 Å². The van der Waals surface area contributed by atoms with Crippen LogP contribution in [0.1, 0.15) is 45.4 Å². The predicted octanol–water partition coefficient (Wildman–Crippen LogP) is 6.84. The molecule has 0 N–H and O–H groups in total. The molecule has 0 heterocycles. The maximum Gasteiger partial charge on any atom is 0.315 e. The summed E-state index contributed by atoms with van der Waals surface area (Å²) in [6, 6.07) is 1.11. The highest BCUT2D eigenvalue weighted by atomic mass is 28.5. The van der Waals surface area contributed by atoms with E-state index in [1.807, 2.05) is 0 Å². The quantitative estimate of drug-likeness (QED) is 0.246. The van der Waals surface area contributed by atoms with Crippen molar-refractivity contribution in [2.24, 2.45) is 0 Å². The van der Waals surface area contributed by atoms with Crippen molar-refractivity contribution in [3.8, 4) is 0 Å². The molecule has 0 aliphatic carbocycles. The zero-order chi connectivity index (χ0) is 19.1. The third kappa shape index (κ3) is 14.0. The van der Waals surface area contributed by atoms with Gasteiger partial charge in [-0.05, 0) is 65.0 Å². The minimum atomic E-state index is -2.17. The first kappa shape index (κ1) is 24.7. The van der Waals surface area contributed by atoms with Crippen LogP contribution in [-0.4, -0.2) is 33.8 Å². The standard InChI is InChI=1S/C17H44O3Si4/c1-11-12-13-14-15-16-17-24(10,19-22(5,6)7)20-23(8,9)18-21(2,3)4/h11-17H2,1-10H3. The molecule has 0 aromatic rings. The van der Waals surface area contributed by atoms with Gasteiger partial charge < -0.3 is 12.3 Å². The molecule has 0 saturated heterocycles. The lowest BCUT2D eigenvalue weighted by molar-refractivity contribution is 0.322. The van der Waals surface area contributed by atoms with Gasteiger partial charge in [-0.15, -0.1) is 0 Å². The molecule has 0 aliphatic rings. The molecule has 0 saturated carbocycles. The summed E-state index contributed by atoms with van der Waals surface area (Å²) in [6.07, 6.45) is 7.91.